The van der Waals surface area contributed by atoms with Crippen molar-refractivity contribution in [2.45, 2.75) is 0 Å². The monoisotopic (exact) mass is 594 g/mol. The molecular weight excluding hydrogens is 572 g/mol. The Balaban J connectivity index is 1.14. The zero-order chi connectivity index (χ0) is 30.5. The quantitative estimate of drug-likeness (QED) is 0.194. The molecule has 0 saturated heterocycles. The average Bonchev–Trinajstić information content (AvgIpc) is 3.76. The van der Waals surface area contributed by atoms with E-state index in [1.54, 1.807) is 6.20 Å². The predicted octanol–water partition coefficient (Wildman–Crippen LogP) is 9.04. The van der Waals surface area contributed by atoms with Crippen molar-refractivity contribution in [1.82, 2.24) is 29.9 Å². The van der Waals surface area contributed by atoms with Crippen LogP contribution in [0.15, 0.2) is 142 Å². The van der Waals surface area contributed by atoms with Gasteiger partial charge in [-0.05, 0) is 60.7 Å². The Morgan fingerprint density at radius 2 is 0.891 bits per heavy atom. The number of aromatic nitrogens is 6. The van der Waals surface area contributed by atoms with E-state index in [0.29, 0.717) is 29.3 Å². The summed E-state index contributed by atoms with van der Waals surface area (Å²) in [6.07, 6.45) is 1.78. The molecule has 4 heterocycles. The van der Waals surface area contributed by atoms with Crippen LogP contribution in [0.2, 0.25) is 0 Å². The molecule has 0 saturated carbocycles. The third-order valence-electron chi connectivity index (χ3n) is 7.88. The minimum absolute atomic E-state index is 0.537. The van der Waals surface area contributed by atoms with Crippen molar-refractivity contribution in [1.29, 1.82) is 0 Å². The first-order valence-electron chi connectivity index (χ1n) is 14.8. The van der Waals surface area contributed by atoms with E-state index in [0.717, 1.165) is 60.9 Å². The summed E-state index contributed by atoms with van der Waals surface area (Å²) in [6.45, 7) is 0. The van der Waals surface area contributed by atoms with E-state index in [9.17, 15) is 0 Å². The fourth-order valence-corrected chi connectivity index (χ4v) is 5.55. The van der Waals surface area contributed by atoms with Gasteiger partial charge in [0.15, 0.2) is 28.6 Å². The van der Waals surface area contributed by atoms with Gasteiger partial charge in [-0.15, -0.1) is 0 Å². The average molecular weight is 595 g/mol. The van der Waals surface area contributed by atoms with E-state index in [4.69, 9.17) is 23.8 Å². The lowest BCUT2D eigenvalue weighted by Gasteiger charge is -2.10. The Morgan fingerprint density at radius 3 is 1.46 bits per heavy atom. The molecule has 4 aromatic heterocycles. The van der Waals surface area contributed by atoms with Crippen LogP contribution >= 0.6 is 0 Å². The maximum atomic E-state index is 5.98. The van der Waals surface area contributed by atoms with Crippen LogP contribution in [0.25, 0.3) is 90.2 Å². The molecule has 0 atom stereocenters. The fourth-order valence-electron chi connectivity index (χ4n) is 5.55. The number of oxazole rings is 2. The second kappa shape index (κ2) is 10.6. The largest absolute Gasteiger partial charge is 0.436 e. The van der Waals surface area contributed by atoms with Gasteiger partial charge in [0.25, 0.3) is 0 Å². The maximum absolute atomic E-state index is 5.98. The second-order valence-electron chi connectivity index (χ2n) is 10.8. The first-order valence-corrected chi connectivity index (χ1v) is 14.8. The summed E-state index contributed by atoms with van der Waals surface area (Å²) >= 11 is 0. The molecule has 0 spiro atoms. The Labute approximate surface area is 262 Å². The highest BCUT2D eigenvalue weighted by molar-refractivity contribution is 5.92. The molecule has 0 bridgehead atoms. The molecule has 9 aromatic rings. The van der Waals surface area contributed by atoms with Crippen molar-refractivity contribution in [2.24, 2.45) is 0 Å². The van der Waals surface area contributed by atoms with Gasteiger partial charge in [0.1, 0.15) is 11.0 Å². The van der Waals surface area contributed by atoms with Crippen LogP contribution < -0.4 is 0 Å². The van der Waals surface area contributed by atoms with Gasteiger partial charge in [0.2, 0.25) is 11.8 Å². The number of nitrogens with zero attached hydrogens (tertiary/aromatic N) is 6. The second-order valence-corrected chi connectivity index (χ2v) is 10.8. The molecule has 0 fully saturated rings. The number of rotatable bonds is 5. The Morgan fingerprint density at radius 1 is 0.391 bits per heavy atom. The summed E-state index contributed by atoms with van der Waals surface area (Å²) in [6, 6.07) is 41.2. The van der Waals surface area contributed by atoms with Crippen LogP contribution in [0.4, 0.5) is 0 Å². The molecule has 5 aromatic carbocycles. The lowest BCUT2D eigenvalue weighted by Crippen LogP contribution is -2.01. The highest BCUT2D eigenvalue weighted by Gasteiger charge is 2.16. The molecule has 216 valence electrons. The van der Waals surface area contributed by atoms with E-state index in [1.807, 2.05) is 127 Å². The van der Waals surface area contributed by atoms with Gasteiger partial charge in [-0.1, -0.05) is 66.7 Å². The van der Waals surface area contributed by atoms with E-state index in [1.165, 1.54) is 0 Å². The molecular formula is C38H22N6O2. The normalized spacial score (nSPS) is 11.5. The third-order valence-corrected chi connectivity index (χ3v) is 7.88. The number of fused-ring (bicyclic) bond motifs is 3. The van der Waals surface area contributed by atoms with Crippen molar-refractivity contribution in [3.63, 3.8) is 0 Å². The van der Waals surface area contributed by atoms with Crippen LogP contribution in [0.5, 0.6) is 0 Å². The number of hydrogen-bond acceptors (Lipinski definition) is 8. The zero-order valence-corrected chi connectivity index (χ0v) is 24.2. The van der Waals surface area contributed by atoms with Crippen LogP contribution in [0, 0.1) is 0 Å². The molecule has 9 rings (SSSR count). The van der Waals surface area contributed by atoms with Gasteiger partial charge in [-0.25, -0.2) is 24.9 Å². The van der Waals surface area contributed by atoms with E-state index in [-0.39, 0.29) is 0 Å². The Hall–Kier alpha value is -6.54. The molecule has 8 nitrogen and oxygen atoms in total. The third kappa shape index (κ3) is 4.56. The van der Waals surface area contributed by atoms with Crippen molar-refractivity contribution in [3.05, 3.63) is 134 Å². The van der Waals surface area contributed by atoms with Gasteiger partial charge in [0, 0.05) is 39.4 Å². The molecule has 0 amide bonds. The summed E-state index contributed by atoms with van der Waals surface area (Å²) in [5.41, 5.74) is 8.18. The lowest BCUT2D eigenvalue weighted by molar-refractivity contribution is 0.619. The highest BCUT2D eigenvalue weighted by Crippen LogP contribution is 2.32. The van der Waals surface area contributed by atoms with Crippen LogP contribution in [-0.4, -0.2) is 29.9 Å². The van der Waals surface area contributed by atoms with Crippen LogP contribution in [-0.2, 0) is 0 Å². The molecule has 0 N–H and O–H groups in total. The number of pyridine rings is 1. The zero-order valence-electron chi connectivity index (χ0n) is 24.2. The van der Waals surface area contributed by atoms with Crippen LogP contribution in [0.3, 0.4) is 0 Å². The number of para-hydroxylation sites is 5. The van der Waals surface area contributed by atoms with Crippen LogP contribution in [0.1, 0.15) is 0 Å². The van der Waals surface area contributed by atoms with Crippen molar-refractivity contribution >= 4 is 33.1 Å². The van der Waals surface area contributed by atoms with Gasteiger partial charge in [-0.2, -0.15) is 0 Å². The first-order chi connectivity index (χ1) is 22.7. The summed E-state index contributed by atoms with van der Waals surface area (Å²) in [5, 5.41) is 1.01. The molecule has 8 heteroatoms. The maximum Gasteiger partial charge on any atom is 0.227 e. The molecule has 0 unspecified atom stereocenters. The summed E-state index contributed by atoms with van der Waals surface area (Å²) in [4.78, 5) is 28.8. The lowest BCUT2D eigenvalue weighted by atomic mass is 10.1. The minimum atomic E-state index is 0.537. The van der Waals surface area contributed by atoms with E-state index < -0.39 is 0 Å². The smallest absolute Gasteiger partial charge is 0.227 e. The molecule has 0 aliphatic carbocycles. The number of hydrogen-bond donors (Lipinski definition) is 0. The van der Waals surface area contributed by atoms with Gasteiger partial charge in [-0.3, -0.25) is 4.98 Å². The van der Waals surface area contributed by atoms with E-state index >= 15 is 0 Å². The van der Waals surface area contributed by atoms with E-state index in [2.05, 4.69) is 15.0 Å². The SMILES string of the molecule is c1cnc2c(-c3nc(-c4ccc(-c5nc6ccccc6o5)cc4)nc(-c4ccc(-c5nc6ccccc6o5)cc4)n3)cccc2c1. The van der Waals surface area contributed by atoms with Crippen molar-refractivity contribution < 1.29 is 8.83 Å². The first kappa shape index (κ1) is 25.9. The summed E-state index contributed by atoms with van der Waals surface area (Å²) < 4.78 is 12.0. The fraction of sp³-hybridized carbons (Fsp3) is 0. The molecule has 0 aliphatic rings. The Bertz CT molecular complexity index is 2330. The highest BCUT2D eigenvalue weighted by atomic mass is 16.4. The summed E-state index contributed by atoms with van der Waals surface area (Å²) in [5.74, 6) is 2.74. The standard InChI is InChI=1S/C38H22N6O2/c1-3-12-31-29(10-1)40-37(45-31)26-18-14-24(15-19-26)34-42-35(44-36(43-34)28-9-5-7-23-8-6-22-39-33(23)28)25-16-20-27(21-17-25)38-41-30-11-2-4-13-32(30)46-38/h1-22H. The molecule has 0 aliphatic heterocycles. The predicted molar refractivity (Wildman–Crippen MR) is 177 cm³/mol. The topological polar surface area (TPSA) is 104 Å². The Kier molecular flexibility index (Phi) is 5.95. The summed E-state index contributed by atoms with van der Waals surface area (Å²) in [7, 11) is 0. The molecule has 0 radical (unpaired) electrons. The van der Waals surface area contributed by atoms with Crippen molar-refractivity contribution in [3.8, 4) is 57.1 Å². The van der Waals surface area contributed by atoms with Crippen molar-refractivity contribution in [2.75, 3.05) is 0 Å². The molecule has 46 heavy (non-hydrogen) atoms. The number of benzene rings is 5. The van der Waals surface area contributed by atoms with Gasteiger partial charge in [0.05, 0.1) is 5.52 Å². The van der Waals surface area contributed by atoms with Gasteiger partial charge >= 0.3 is 0 Å². The minimum Gasteiger partial charge on any atom is -0.436 e. The van der Waals surface area contributed by atoms with Gasteiger partial charge < -0.3 is 8.83 Å².